The summed E-state index contributed by atoms with van der Waals surface area (Å²) in [5.41, 5.74) is 0.558. The summed E-state index contributed by atoms with van der Waals surface area (Å²) in [6, 6.07) is 6.38. The number of benzene rings is 1. The molecule has 0 unspecified atom stereocenters. The number of carbonyl (C=O) groups excluding carboxylic acids is 3. The molecule has 1 aromatic carbocycles. The number of ketones is 1. The fraction of sp³-hybridized carbons (Fsp3) is 0.400. The summed E-state index contributed by atoms with van der Waals surface area (Å²) >= 11 is 0. The Labute approximate surface area is 128 Å². The average Bonchev–Trinajstić information content (AvgIpc) is 2.51. The van der Waals surface area contributed by atoms with Crippen LogP contribution in [0.4, 0.5) is 0 Å². The quantitative estimate of drug-likeness (QED) is 0.407. The van der Waals surface area contributed by atoms with Crippen LogP contribution in [0, 0.1) is 0 Å². The third kappa shape index (κ3) is 6.85. The van der Waals surface area contributed by atoms with Crippen LogP contribution >= 0.6 is 0 Å². The topological polar surface area (TPSA) is 90.9 Å². The van der Waals surface area contributed by atoms with Crippen LogP contribution in [0.15, 0.2) is 24.3 Å². The Balaban J connectivity index is 2.25. The second-order valence-corrected chi connectivity index (χ2v) is 4.37. The van der Waals surface area contributed by atoms with Gasteiger partial charge in [-0.25, -0.2) is 4.79 Å². The van der Waals surface area contributed by atoms with Gasteiger partial charge in [-0.2, -0.15) is 0 Å². The largest absolute Gasteiger partial charge is 0.482 e. The summed E-state index contributed by atoms with van der Waals surface area (Å²) in [6.45, 7) is 1.52. The van der Waals surface area contributed by atoms with Crippen molar-refractivity contribution >= 4 is 17.7 Å². The summed E-state index contributed by atoms with van der Waals surface area (Å²) in [5, 5.41) is 2.52. The van der Waals surface area contributed by atoms with E-state index in [0.717, 1.165) is 0 Å². The molecule has 1 aromatic rings. The number of methoxy groups -OCH3 is 1. The van der Waals surface area contributed by atoms with E-state index in [1.807, 2.05) is 0 Å². The van der Waals surface area contributed by atoms with Gasteiger partial charge in [0.15, 0.2) is 19.0 Å². The van der Waals surface area contributed by atoms with Crippen molar-refractivity contribution in [1.29, 1.82) is 0 Å². The monoisotopic (exact) mass is 309 g/mol. The van der Waals surface area contributed by atoms with Crippen molar-refractivity contribution in [3.63, 3.8) is 0 Å². The van der Waals surface area contributed by atoms with Crippen LogP contribution in [0.5, 0.6) is 5.75 Å². The van der Waals surface area contributed by atoms with E-state index in [1.165, 1.54) is 14.0 Å². The first-order valence-electron chi connectivity index (χ1n) is 6.68. The van der Waals surface area contributed by atoms with Crippen molar-refractivity contribution in [3.8, 4) is 5.75 Å². The zero-order valence-corrected chi connectivity index (χ0v) is 12.6. The van der Waals surface area contributed by atoms with E-state index in [-0.39, 0.29) is 19.0 Å². The van der Waals surface area contributed by atoms with Crippen molar-refractivity contribution in [3.05, 3.63) is 29.8 Å². The van der Waals surface area contributed by atoms with Gasteiger partial charge in [0.1, 0.15) is 5.75 Å². The molecule has 7 nitrogen and oxygen atoms in total. The zero-order valence-electron chi connectivity index (χ0n) is 12.6. The molecule has 0 aliphatic carbocycles. The maximum absolute atomic E-state index is 11.4. The number of amides is 1. The van der Waals surface area contributed by atoms with Gasteiger partial charge in [0.25, 0.3) is 5.91 Å². The molecule has 0 bridgehead atoms. The van der Waals surface area contributed by atoms with Crippen LogP contribution in [0.25, 0.3) is 0 Å². The smallest absolute Gasteiger partial charge is 0.344 e. The predicted octanol–water partition coefficient (Wildman–Crippen LogP) is 0.574. The number of ether oxygens (including phenoxy) is 3. The van der Waals surface area contributed by atoms with Crippen LogP contribution in [0.3, 0.4) is 0 Å². The fourth-order valence-electron chi connectivity index (χ4n) is 1.46. The molecule has 0 aliphatic rings. The van der Waals surface area contributed by atoms with E-state index >= 15 is 0 Å². The molecule has 0 saturated carbocycles. The highest BCUT2D eigenvalue weighted by Gasteiger charge is 2.08. The third-order valence-electron chi connectivity index (χ3n) is 2.61. The molecule has 0 atom stereocenters. The number of carbonyl (C=O) groups is 3. The summed E-state index contributed by atoms with van der Waals surface area (Å²) in [6.07, 6.45) is 0. The average molecular weight is 309 g/mol. The lowest BCUT2D eigenvalue weighted by Crippen LogP contribution is -2.32. The Bertz CT molecular complexity index is 511. The summed E-state index contributed by atoms with van der Waals surface area (Å²) in [5.74, 6) is -0.675. The molecule has 0 radical (unpaired) electrons. The first-order chi connectivity index (χ1) is 10.5. The Morgan fingerprint density at radius 1 is 1.09 bits per heavy atom. The molecule has 1 amide bonds. The van der Waals surface area contributed by atoms with Crippen molar-refractivity contribution in [1.82, 2.24) is 5.32 Å². The van der Waals surface area contributed by atoms with Crippen LogP contribution in [-0.4, -0.2) is 51.1 Å². The van der Waals surface area contributed by atoms with Crippen molar-refractivity contribution < 1.29 is 28.6 Å². The first-order valence-corrected chi connectivity index (χ1v) is 6.68. The van der Waals surface area contributed by atoms with Crippen molar-refractivity contribution in [2.24, 2.45) is 0 Å². The standard InChI is InChI=1S/C15H19NO6/c1-11(17)12-3-5-13(6-4-12)21-10-15(19)22-9-14(18)16-7-8-20-2/h3-6H,7-10H2,1-2H3,(H,16,18). The van der Waals surface area contributed by atoms with Crippen LogP contribution in [0.1, 0.15) is 17.3 Å². The molecule has 22 heavy (non-hydrogen) atoms. The van der Waals surface area contributed by atoms with Gasteiger partial charge >= 0.3 is 5.97 Å². The van der Waals surface area contributed by atoms with Crippen molar-refractivity contribution in [2.45, 2.75) is 6.92 Å². The Hall–Kier alpha value is -2.41. The minimum absolute atomic E-state index is 0.0505. The van der Waals surface area contributed by atoms with E-state index in [2.05, 4.69) is 5.32 Å². The lowest BCUT2D eigenvalue weighted by Gasteiger charge is -2.08. The summed E-state index contributed by atoms with van der Waals surface area (Å²) < 4.78 is 14.7. The van der Waals surface area contributed by atoms with E-state index in [4.69, 9.17) is 14.2 Å². The first kappa shape index (κ1) is 17.6. The molecular formula is C15H19NO6. The lowest BCUT2D eigenvalue weighted by atomic mass is 10.1. The number of hydrogen-bond acceptors (Lipinski definition) is 6. The van der Waals surface area contributed by atoms with Crippen LogP contribution < -0.4 is 10.1 Å². The van der Waals surface area contributed by atoms with Gasteiger partial charge in [0.2, 0.25) is 0 Å². The second-order valence-electron chi connectivity index (χ2n) is 4.37. The minimum atomic E-state index is -0.655. The lowest BCUT2D eigenvalue weighted by molar-refractivity contribution is -0.150. The maximum atomic E-state index is 11.4. The second kappa shape index (κ2) is 9.51. The van der Waals surface area contributed by atoms with Gasteiger partial charge in [-0.3, -0.25) is 9.59 Å². The number of nitrogens with one attached hydrogen (secondary N) is 1. The van der Waals surface area contributed by atoms with Crippen LogP contribution in [0.2, 0.25) is 0 Å². The normalized spacial score (nSPS) is 9.91. The Morgan fingerprint density at radius 2 is 1.77 bits per heavy atom. The molecule has 1 N–H and O–H groups in total. The predicted molar refractivity (Wildman–Crippen MR) is 77.8 cm³/mol. The van der Waals surface area contributed by atoms with Gasteiger partial charge in [0.05, 0.1) is 6.61 Å². The zero-order chi connectivity index (χ0) is 16.4. The van der Waals surface area contributed by atoms with E-state index in [0.29, 0.717) is 24.5 Å². The van der Waals surface area contributed by atoms with Gasteiger partial charge in [-0.05, 0) is 31.2 Å². The molecule has 0 aromatic heterocycles. The molecule has 0 saturated heterocycles. The van der Waals surface area contributed by atoms with E-state index < -0.39 is 11.9 Å². The molecule has 120 valence electrons. The molecule has 1 rings (SSSR count). The third-order valence-corrected chi connectivity index (χ3v) is 2.61. The SMILES string of the molecule is COCCNC(=O)COC(=O)COc1ccc(C(C)=O)cc1. The molecular weight excluding hydrogens is 290 g/mol. The molecule has 7 heteroatoms. The number of esters is 1. The highest BCUT2D eigenvalue weighted by Crippen LogP contribution is 2.12. The summed E-state index contributed by atoms with van der Waals surface area (Å²) in [7, 11) is 1.52. The minimum Gasteiger partial charge on any atom is -0.482 e. The Kier molecular flexibility index (Phi) is 7.63. The van der Waals surface area contributed by atoms with E-state index in [9.17, 15) is 14.4 Å². The molecule has 0 aliphatic heterocycles. The Morgan fingerprint density at radius 3 is 2.36 bits per heavy atom. The highest BCUT2D eigenvalue weighted by molar-refractivity contribution is 5.94. The van der Waals surface area contributed by atoms with Crippen LogP contribution in [-0.2, 0) is 19.1 Å². The van der Waals surface area contributed by atoms with Gasteiger partial charge in [-0.1, -0.05) is 0 Å². The number of hydrogen-bond donors (Lipinski definition) is 1. The number of Topliss-reactive ketones (excluding diaryl/α,β-unsaturated/α-hetero) is 1. The van der Waals surface area contributed by atoms with Gasteiger partial charge in [-0.15, -0.1) is 0 Å². The molecule has 0 heterocycles. The summed E-state index contributed by atoms with van der Waals surface area (Å²) in [4.78, 5) is 33.8. The molecule has 0 fully saturated rings. The van der Waals surface area contributed by atoms with Gasteiger partial charge in [0, 0.05) is 19.2 Å². The van der Waals surface area contributed by atoms with Gasteiger partial charge < -0.3 is 19.5 Å². The number of rotatable bonds is 9. The highest BCUT2D eigenvalue weighted by atomic mass is 16.6. The van der Waals surface area contributed by atoms with E-state index in [1.54, 1.807) is 24.3 Å². The van der Waals surface area contributed by atoms with Crippen molar-refractivity contribution in [2.75, 3.05) is 33.5 Å². The fourth-order valence-corrected chi connectivity index (χ4v) is 1.46. The molecule has 0 spiro atoms. The maximum Gasteiger partial charge on any atom is 0.344 e.